The number of piperidine rings is 1. The normalized spacial score (nSPS) is 25.5. The first-order chi connectivity index (χ1) is 12.8. The molecule has 26 heavy (non-hydrogen) atoms. The van der Waals surface area contributed by atoms with E-state index in [9.17, 15) is 4.79 Å². The number of carbonyl (C=O) groups excluding carboxylic acids is 1. The van der Waals surface area contributed by atoms with Crippen molar-refractivity contribution in [2.75, 3.05) is 19.7 Å². The molecular weight excluding hydrogens is 350 g/mol. The third-order valence-electron chi connectivity index (χ3n) is 6.11. The zero-order chi connectivity index (χ0) is 17.5. The van der Waals surface area contributed by atoms with E-state index in [1.54, 1.807) is 11.3 Å². The van der Waals surface area contributed by atoms with Gasteiger partial charge in [0.25, 0.3) is 5.91 Å². The fourth-order valence-corrected chi connectivity index (χ4v) is 5.59. The second-order valence-corrected chi connectivity index (χ2v) is 8.76. The number of likely N-dealkylation sites (tertiary alicyclic amines) is 1. The number of hydrogen-bond donors (Lipinski definition) is 0. The van der Waals surface area contributed by atoms with Crippen LogP contribution in [0.5, 0.6) is 0 Å². The molecule has 5 rings (SSSR count). The highest BCUT2D eigenvalue weighted by Gasteiger charge is 2.32. The van der Waals surface area contributed by atoms with E-state index in [0.717, 1.165) is 61.2 Å². The van der Waals surface area contributed by atoms with Gasteiger partial charge in [-0.3, -0.25) is 4.79 Å². The highest BCUT2D eigenvalue weighted by atomic mass is 32.1. The lowest BCUT2D eigenvalue weighted by Crippen LogP contribution is -2.43. The molecule has 0 bridgehead atoms. The summed E-state index contributed by atoms with van der Waals surface area (Å²) in [6, 6.07) is 0. The predicted octanol–water partition coefficient (Wildman–Crippen LogP) is 2.73. The smallest absolute Gasteiger partial charge is 0.251 e. The fraction of sp³-hybridized carbons (Fsp3) is 0.778. The molecule has 1 saturated carbocycles. The molecular formula is C18H25N5O2S. The summed E-state index contributed by atoms with van der Waals surface area (Å²) in [5, 5.41) is 14.8. The maximum Gasteiger partial charge on any atom is 0.251 e. The van der Waals surface area contributed by atoms with Crippen molar-refractivity contribution in [2.45, 2.75) is 69.3 Å². The number of amides is 1. The summed E-state index contributed by atoms with van der Waals surface area (Å²) in [6.07, 6.45) is 8.61. The molecule has 0 spiro atoms. The Bertz CT molecular complexity index is 783. The van der Waals surface area contributed by atoms with Gasteiger partial charge in [-0.05, 0) is 38.5 Å². The standard InChI is InChI=1S/C18H25N5O2S/c24-17(14-6-3-11-25-14)22-9-7-13(8-10-22)16-21-23-15(12-4-1-2-5-12)19-20-18(23)26-16/h12-14H,1-11H2/t14-/m1/s1. The van der Waals surface area contributed by atoms with Crippen LogP contribution in [0.4, 0.5) is 0 Å². The van der Waals surface area contributed by atoms with Crippen LogP contribution >= 0.6 is 11.3 Å². The van der Waals surface area contributed by atoms with Crippen molar-refractivity contribution in [3.8, 4) is 0 Å². The predicted molar refractivity (Wildman–Crippen MR) is 97.4 cm³/mol. The lowest BCUT2D eigenvalue weighted by Gasteiger charge is -2.32. The molecule has 7 nitrogen and oxygen atoms in total. The van der Waals surface area contributed by atoms with Crippen LogP contribution in [0, 0.1) is 0 Å². The average molecular weight is 375 g/mol. The molecule has 0 aromatic carbocycles. The Morgan fingerprint density at radius 3 is 2.54 bits per heavy atom. The van der Waals surface area contributed by atoms with Crippen molar-refractivity contribution in [3.05, 3.63) is 10.8 Å². The Kier molecular flexibility index (Phi) is 4.40. The van der Waals surface area contributed by atoms with E-state index in [0.29, 0.717) is 11.8 Å². The zero-order valence-corrected chi connectivity index (χ0v) is 15.8. The van der Waals surface area contributed by atoms with Gasteiger partial charge >= 0.3 is 0 Å². The minimum absolute atomic E-state index is 0.183. The van der Waals surface area contributed by atoms with Crippen LogP contribution in [0.25, 0.3) is 4.96 Å². The Morgan fingerprint density at radius 2 is 1.81 bits per heavy atom. The molecule has 2 saturated heterocycles. The number of aromatic nitrogens is 4. The molecule has 2 aromatic heterocycles. The van der Waals surface area contributed by atoms with Gasteiger partial charge in [-0.2, -0.15) is 9.61 Å². The maximum atomic E-state index is 12.5. The molecule has 2 aliphatic heterocycles. The van der Waals surface area contributed by atoms with E-state index >= 15 is 0 Å². The molecule has 0 unspecified atom stereocenters. The summed E-state index contributed by atoms with van der Waals surface area (Å²) in [4.78, 5) is 15.4. The molecule has 1 atom stereocenters. The second-order valence-electron chi connectivity index (χ2n) is 7.78. The van der Waals surface area contributed by atoms with Gasteiger partial charge in [0.1, 0.15) is 11.1 Å². The molecule has 2 aromatic rings. The molecule has 140 valence electrons. The van der Waals surface area contributed by atoms with Crippen LogP contribution in [0.2, 0.25) is 0 Å². The summed E-state index contributed by atoms with van der Waals surface area (Å²) in [5.74, 6) is 2.17. The van der Waals surface area contributed by atoms with E-state index in [-0.39, 0.29) is 12.0 Å². The van der Waals surface area contributed by atoms with Crippen molar-refractivity contribution >= 4 is 22.2 Å². The van der Waals surface area contributed by atoms with Crippen LogP contribution < -0.4 is 0 Å². The summed E-state index contributed by atoms with van der Waals surface area (Å²) < 4.78 is 7.54. The first-order valence-corrected chi connectivity index (χ1v) is 10.7. The number of fused-ring (bicyclic) bond motifs is 1. The van der Waals surface area contributed by atoms with Gasteiger partial charge in [-0.15, -0.1) is 10.2 Å². The van der Waals surface area contributed by atoms with Gasteiger partial charge in [-0.25, -0.2) is 0 Å². The van der Waals surface area contributed by atoms with Gasteiger partial charge in [-0.1, -0.05) is 24.2 Å². The molecule has 1 amide bonds. The van der Waals surface area contributed by atoms with Gasteiger partial charge in [0, 0.05) is 31.5 Å². The van der Waals surface area contributed by atoms with Crippen molar-refractivity contribution in [1.82, 2.24) is 24.7 Å². The Morgan fingerprint density at radius 1 is 1.00 bits per heavy atom. The Hall–Kier alpha value is -1.54. The van der Waals surface area contributed by atoms with Crippen LogP contribution in [-0.2, 0) is 9.53 Å². The number of carbonyl (C=O) groups is 1. The minimum Gasteiger partial charge on any atom is -0.368 e. The molecule has 3 fully saturated rings. The molecule has 0 N–H and O–H groups in total. The van der Waals surface area contributed by atoms with E-state index < -0.39 is 0 Å². The quantitative estimate of drug-likeness (QED) is 0.825. The van der Waals surface area contributed by atoms with E-state index in [1.165, 1.54) is 25.7 Å². The highest BCUT2D eigenvalue weighted by Crippen LogP contribution is 2.36. The number of rotatable bonds is 3. The second kappa shape index (κ2) is 6.88. The number of nitrogens with zero attached hydrogens (tertiary/aromatic N) is 5. The molecule has 4 heterocycles. The first-order valence-electron chi connectivity index (χ1n) is 9.92. The van der Waals surface area contributed by atoms with Crippen molar-refractivity contribution in [1.29, 1.82) is 0 Å². The zero-order valence-electron chi connectivity index (χ0n) is 15.0. The maximum absolute atomic E-state index is 12.5. The lowest BCUT2D eigenvalue weighted by atomic mass is 9.97. The summed E-state index contributed by atoms with van der Waals surface area (Å²) in [6.45, 7) is 2.33. The van der Waals surface area contributed by atoms with Gasteiger partial charge in [0.15, 0.2) is 5.82 Å². The Labute approximate surface area is 156 Å². The molecule has 1 aliphatic carbocycles. The largest absolute Gasteiger partial charge is 0.368 e. The molecule has 0 radical (unpaired) electrons. The van der Waals surface area contributed by atoms with Crippen molar-refractivity contribution in [2.24, 2.45) is 0 Å². The average Bonchev–Trinajstić information content (AvgIpc) is 3.45. The molecule has 3 aliphatic rings. The van der Waals surface area contributed by atoms with Crippen LogP contribution in [0.1, 0.15) is 74.0 Å². The van der Waals surface area contributed by atoms with E-state index in [2.05, 4.69) is 10.2 Å². The third-order valence-corrected chi connectivity index (χ3v) is 7.17. The monoisotopic (exact) mass is 375 g/mol. The van der Waals surface area contributed by atoms with Crippen molar-refractivity contribution < 1.29 is 9.53 Å². The summed E-state index contributed by atoms with van der Waals surface area (Å²) >= 11 is 1.67. The topological polar surface area (TPSA) is 72.6 Å². The third kappa shape index (κ3) is 2.93. The first kappa shape index (κ1) is 16.6. The molecule has 8 heteroatoms. The van der Waals surface area contributed by atoms with Crippen LogP contribution in [-0.4, -0.2) is 56.4 Å². The Balaban J connectivity index is 1.27. The van der Waals surface area contributed by atoms with Crippen molar-refractivity contribution in [3.63, 3.8) is 0 Å². The van der Waals surface area contributed by atoms with Gasteiger partial charge < -0.3 is 9.64 Å². The number of hydrogen-bond acceptors (Lipinski definition) is 6. The van der Waals surface area contributed by atoms with Crippen LogP contribution in [0.3, 0.4) is 0 Å². The lowest BCUT2D eigenvalue weighted by molar-refractivity contribution is -0.142. The van der Waals surface area contributed by atoms with E-state index in [1.807, 2.05) is 9.42 Å². The fourth-order valence-electron chi connectivity index (χ4n) is 4.57. The van der Waals surface area contributed by atoms with Gasteiger partial charge in [0.2, 0.25) is 4.96 Å². The summed E-state index contributed by atoms with van der Waals surface area (Å²) in [5.41, 5.74) is 0. The summed E-state index contributed by atoms with van der Waals surface area (Å²) in [7, 11) is 0. The van der Waals surface area contributed by atoms with E-state index in [4.69, 9.17) is 9.84 Å². The number of ether oxygens (including phenoxy) is 1. The highest BCUT2D eigenvalue weighted by molar-refractivity contribution is 7.16. The minimum atomic E-state index is -0.199. The SMILES string of the molecule is O=C([C@H]1CCCO1)N1CCC(c2nn3c(C4CCCC4)nnc3s2)CC1. The van der Waals surface area contributed by atoms with Gasteiger partial charge in [0.05, 0.1) is 0 Å². The van der Waals surface area contributed by atoms with Crippen LogP contribution in [0.15, 0.2) is 0 Å².